The number of ether oxygens (including phenoxy) is 2. The van der Waals surface area contributed by atoms with Crippen LogP contribution >= 0.6 is 0 Å². The Morgan fingerprint density at radius 2 is 1.97 bits per heavy atom. The molecule has 0 aromatic carbocycles. The van der Waals surface area contributed by atoms with Crippen LogP contribution in [0.2, 0.25) is 0 Å². The Balaban J connectivity index is 1.43. The first-order valence-electron chi connectivity index (χ1n) is 10.3. The van der Waals surface area contributed by atoms with Gasteiger partial charge in [-0.1, -0.05) is 0 Å². The van der Waals surface area contributed by atoms with Crippen LogP contribution in [0.25, 0.3) is 0 Å². The van der Waals surface area contributed by atoms with Gasteiger partial charge in [-0.15, -0.1) is 0 Å². The molecule has 7 unspecified atom stereocenters. The average Bonchev–Trinajstić information content (AvgIpc) is 3.11. The van der Waals surface area contributed by atoms with E-state index in [0.717, 1.165) is 12.8 Å². The Hall–Kier alpha value is -1.30. The van der Waals surface area contributed by atoms with Crippen molar-refractivity contribution in [1.82, 2.24) is 10.2 Å². The van der Waals surface area contributed by atoms with E-state index in [1.54, 1.807) is 0 Å². The normalized spacial score (nSPS) is 39.0. The highest BCUT2D eigenvalue weighted by atomic mass is 16.7. The number of carbonyl (C=O) groups is 2. The number of aliphatic hydroxyl groups excluding tert-OH is 4. The molecule has 1 aliphatic carbocycles. The van der Waals surface area contributed by atoms with Crippen LogP contribution in [-0.2, 0) is 19.1 Å². The summed E-state index contributed by atoms with van der Waals surface area (Å²) in [4.78, 5) is 25.7. The van der Waals surface area contributed by atoms with E-state index in [1.807, 2.05) is 4.90 Å². The van der Waals surface area contributed by atoms with Crippen molar-refractivity contribution in [3.63, 3.8) is 0 Å². The van der Waals surface area contributed by atoms with Gasteiger partial charge < -0.3 is 40.1 Å². The minimum atomic E-state index is -1.35. The zero-order valence-electron chi connectivity index (χ0n) is 16.7. The summed E-state index contributed by atoms with van der Waals surface area (Å²) in [6.07, 6.45) is -1.14. The van der Waals surface area contributed by atoms with E-state index in [-0.39, 0.29) is 18.1 Å². The molecule has 0 radical (unpaired) electrons. The summed E-state index contributed by atoms with van der Waals surface area (Å²) in [5, 5.41) is 41.9. The van der Waals surface area contributed by atoms with Crippen LogP contribution in [0.4, 0.5) is 0 Å². The minimum absolute atomic E-state index is 0.0444. The van der Waals surface area contributed by atoms with Gasteiger partial charge in [-0.25, -0.2) is 0 Å². The van der Waals surface area contributed by atoms with Gasteiger partial charge in [-0.05, 0) is 25.7 Å². The molecule has 166 valence electrons. The maximum atomic E-state index is 12.5. The monoisotopic (exact) mass is 416 g/mol. The summed E-state index contributed by atoms with van der Waals surface area (Å²) in [6, 6.07) is -0.965. The van der Waals surface area contributed by atoms with Crippen LogP contribution in [0.3, 0.4) is 0 Å². The third-order valence-electron chi connectivity index (χ3n) is 6.15. The first-order chi connectivity index (χ1) is 13.8. The molecule has 10 heteroatoms. The van der Waals surface area contributed by atoms with Crippen molar-refractivity contribution in [2.45, 2.75) is 87.7 Å². The molecule has 0 aromatic heterocycles. The SMILES string of the molecule is CC(=O)NC1C(OCCCCC(=O)N2CCCC23CC3O)OC(CO)C(O)C1O. The molecule has 2 aliphatic heterocycles. The van der Waals surface area contributed by atoms with Crippen molar-refractivity contribution in [2.75, 3.05) is 19.8 Å². The number of unbranched alkanes of at least 4 members (excludes halogenated alkanes) is 1. The van der Waals surface area contributed by atoms with Crippen LogP contribution in [0, 0.1) is 0 Å². The second-order valence-corrected chi connectivity index (χ2v) is 8.23. The number of nitrogens with one attached hydrogen (secondary N) is 1. The average molecular weight is 416 g/mol. The Labute approximate surface area is 169 Å². The first kappa shape index (κ1) is 22.4. The second-order valence-electron chi connectivity index (χ2n) is 8.23. The third-order valence-corrected chi connectivity index (χ3v) is 6.15. The van der Waals surface area contributed by atoms with Gasteiger partial charge in [0.25, 0.3) is 0 Å². The smallest absolute Gasteiger partial charge is 0.223 e. The molecule has 7 atom stereocenters. The summed E-state index contributed by atoms with van der Waals surface area (Å²) in [5.74, 6) is -0.365. The predicted molar refractivity (Wildman–Crippen MR) is 99.5 cm³/mol. The molecule has 1 saturated carbocycles. The zero-order valence-corrected chi connectivity index (χ0v) is 16.7. The highest BCUT2D eigenvalue weighted by Gasteiger charge is 2.60. The van der Waals surface area contributed by atoms with Gasteiger partial charge in [0.1, 0.15) is 24.4 Å². The Bertz CT molecular complexity index is 605. The summed E-state index contributed by atoms with van der Waals surface area (Å²) in [6.45, 7) is 1.71. The van der Waals surface area contributed by atoms with Gasteiger partial charge in [-0.2, -0.15) is 0 Å². The van der Waals surface area contributed by atoms with Crippen LogP contribution < -0.4 is 5.32 Å². The van der Waals surface area contributed by atoms with E-state index in [9.17, 15) is 30.0 Å². The molecule has 5 N–H and O–H groups in total. The quantitative estimate of drug-likeness (QED) is 0.292. The molecule has 2 heterocycles. The van der Waals surface area contributed by atoms with Crippen LogP contribution in [-0.4, -0.2) is 99.2 Å². The number of hydrogen-bond acceptors (Lipinski definition) is 8. The number of carbonyl (C=O) groups excluding carboxylic acids is 2. The van der Waals surface area contributed by atoms with E-state index < -0.39 is 49.3 Å². The Kier molecular flexibility index (Phi) is 7.13. The van der Waals surface area contributed by atoms with Gasteiger partial charge in [-0.3, -0.25) is 9.59 Å². The topological polar surface area (TPSA) is 149 Å². The van der Waals surface area contributed by atoms with Gasteiger partial charge >= 0.3 is 0 Å². The van der Waals surface area contributed by atoms with Crippen molar-refractivity contribution in [3.8, 4) is 0 Å². The molecule has 0 bridgehead atoms. The lowest BCUT2D eigenvalue weighted by Gasteiger charge is -2.42. The zero-order chi connectivity index (χ0) is 21.2. The summed E-state index contributed by atoms with van der Waals surface area (Å²) in [7, 11) is 0. The largest absolute Gasteiger partial charge is 0.394 e. The van der Waals surface area contributed by atoms with E-state index in [0.29, 0.717) is 32.2 Å². The van der Waals surface area contributed by atoms with Crippen molar-refractivity contribution < 1.29 is 39.5 Å². The molecule has 0 aromatic rings. The lowest BCUT2D eigenvalue weighted by Crippen LogP contribution is -2.64. The lowest BCUT2D eigenvalue weighted by atomic mass is 9.97. The van der Waals surface area contributed by atoms with Gasteiger partial charge in [0.15, 0.2) is 6.29 Å². The summed E-state index contributed by atoms with van der Waals surface area (Å²) >= 11 is 0. The predicted octanol–water partition coefficient (Wildman–Crippen LogP) is -1.76. The van der Waals surface area contributed by atoms with Crippen LogP contribution in [0.1, 0.15) is 45.4 Å². The van der Waals surface area contributed by atoms with Gasteiger partial charge in [0.2, 0.25) is 11.8 Å². The van der Waals surface area contributed by atoms with Crippen molar-refractivity contribution in [2.24, 2.45) is 0 Å². The van der Waals surface area contributed by atoms with E-state index in [1.165, 1.54) is 6.92 Å². The molecule has 2 saturated heterocycles. The van der Waals surface area contributed by atoms with E-state index in [4.69, 9.17) is 9.47 Å². The van der Waals surface area contributed by atoms with E-state index >= 15 is 0 Å². The molecular weight excluding hydrogens is 384 g/mol. The number of likely N-dealkylation sites (tertiary alicyclic amines) is 1. The Morgan fingerprint density at radius 3 is 2.59 bits per heavy atom. The van der Waals surface area contributed by atoms with Crippen molar-refractivity contribution >= 4 is 11.8 Å². The fourth-order valence-electron chi connectivity index (χ4n) is 4.43. The maximum absolute atomic E-state index is 12.5. The number of rotatable bonds is 8. The number of hydrogen-bond donors (Lipinski definition) is 5. The van der Waals surface area contributed by atoms with Crippen LogP contribution in [0.5, 0.6) is 0 Å². The van der Waals surface area contributed by atoms with Gasteiger partial charge in [0.05, 0.1) is 18.2 Å². The highest BCUT2D eigenvalue weighted by Crippen LogP contribution is 2.49. The number of amides is 2. The highest BCUT2D eigenvalue weighted by molar-refractivity contribution is 5.78. The van der Waals surface area contributed by atoms with Crippen molar-refractivity contribution in [1.29, 1.82) is 0 Å². The molecule has 29 heavy (non-hydrogen) atoms. The number of nitrogens with zero attached hydrogens (tertiary/aromatic N) is 1. The van der Waals surface area contributed by atoms with Crippen LogP contribution in [0.15, 0.2) is 0 Å². The fourth-order valence-corrected chi connectivity index (χ4v) is 4.43. The maximum Gasteiger partial charge on any atom is 0.223 e. The molecule has 2 amide bonds. The standard InChI is InChI=1S/C19H32N2O8/c1-11(23)20-15-17(27)16(26)12(10-22)29-18(15)28-8-3-2-5-14(25)21-7-4-6-19(21)9-13(19)24/h12-13,15-18,22,24,26-27H,2-10H2,1H3,(H,20,23). The minimum Gasteiger partial charge on any atom is -0.394 e. The second kappa shape index (κ2) is 9.23. The molecule has 1 spiro atoms. The molecule has 3 rings (SSSR count). The third kappa shape index (κ3) is 4.73. The lowest BCUT2D eigenvalue weighted by molar-refractivity contribution is -0.270. The Morgan fingerprint density at radius 1 is 1.24 bits per heavy atom. The van der Waals surface area contributed by atoms with Gasteiger partial charge in [0, 0.05) is 32.9 Å². The fraction of sp³-hybridized carbons (Fsp3) is 0.895. The first-order valence-corrected chi connectivity index (χ1v) is 10.3. The summed E-state index contributed by atoms with van der Waals surface area (Å²) in [5.41, 5.74) is -0.314. The molecule has 3 aliphatic rings. The molecule has 3 fully saturated rings. The summed E-state index contributed by atoms with van der Waals surface area (Å²) < 4.78 is 11.1. The van der Waals surface area contributed by atoms with E-state index in [2.05, 4.69) is 5.32 Å². The molecule has 10 nitrogen and oxygen atoms in total. The number of aliphatic hydroxyl groups is 4. The molecular formula is C19H32N2O8. The van der Waals surface area contributed by atoms with Crippen molar-refractivity contribution in [3.05, 3.63) is 0 Å².